The van der Waals surface area contributed by atoms with Gasteiger partial charge in [0, 0.05) is 5.70 Å². The summed E-state index contributed by atoms with van der Waals surface area (Å²) in [5, 5.41) is 14.8. The SMILES string of the molecule is CCCCCOC(=O)C1=C(C)Nc2nnnn2[C@@H]1c1ccccc1. The Hall–Kier alpha value is -2.70. The molecule has 1 aliphatic heterocycles. The van der Waals surface area contributed by atoms with Gasteiger partial charge in [0.25, 0.3) is 0 Å². The van der Waals surface area contributed by atoms with Gasteiger partial charge in [-0.3, -0.25) is 0 Å². The Bertz CT molecular complexity index is 738. The molecule has 1 atom stereocenters. The standard InChI is InChI=1S/C17H21N5O2/c1-3-4-8-11-24-16(23)14-12(2)18-17-19-20-21-22(17)15(14)13-9-6-5-7-10-13/h5-7,9-10,15H,3-4,8,11H2,1-2H3,(H,18,19,21)/t15-/m1/s1. The Labute approximate surface area is 140 Å². The number of hydrogen-bond acceptors (Lipinski definition) is 6. The van der Waals surface area contributed by atoms with Crippen LogP contribution in [0.2, 0.25) is 0 Å². The molecule has 0 fully saturated rings. The van der Waals surface area contributed by atoms with E-state index in [1.54, 1.807) is 4.68 Å². The number of ether oxygens (including phenoxy) is 1. The number of fused-ring (bicyclic) bond motifs is 1. The normalized spacial score (nSPS) is 16.5. The molecule has 1 aromatic heterocycles. The first kappa shape index (κ1) is 16.2. The van der Waals surface area contributed by atoms with E-state index in [1.807, 2.05) is 37.3 Å². The first-order valence-electron chi connectivity index (χ1n) is 8.20. The molecular formula is C17H21N5O2. The molecule has 2 heterocycles. The van der Waals surface area contributed by atoms with Crippen LogP contribution in [0.25, 0.3) is 0 Å². The number of nitrogens with one attached hydrogen (secondary N) is 1. The van der Waals surface area contributed by atoms with Crippen molar-refractivity contribution in [1.29, 1.82) is 0 Å². The van der Waals surface area contributed by atoms with Crippen LogP contribution in [0.3, 0.4) is 0 Å². The lowest BCUT2D eigenvalue weighted by Gasteiger charge is -2.27. The molecule has 0 saturated heterocycles. The van der Waals surface area contributed by atoms with Gasteiger partial charge >= 0.3 is 5.97 Å². The van der Waals surface area contributed by atoms with Crippen LogP contribution in [0.4, 0.5) is 5.95 Å². The van der Waals surface area contributed by atoms with Crippen LogP contribution in [-0.4, -0.2) is 32.8 Å². The van der Waals surface area contributed by atoms with Gasteiger partial charge in [0.2, 0.25) is 5.95 Å². The molecule has 0 amide bonds. The van der Waals surface area contributed by atoms with E-state index >= 15 is 0 Å². The van der Waals surface area contributed by atoms with Crippen LogP contribution >= 0.6 is 0 Å². The van der Waals surface area contributed by atoms with E-state index in [-0.39, 0.29) is 5.97 Å². The number of carbonyl (C=O) groups is 1. The van der Waals surface area contributed by atoms with Gasteiger partial charge in [-0.1, -0.05) is 55.2 Å². The lowest BCUT2D eigenvalue weighted by atomic mass is 9.96. The van der Waals surface area contributed by atoms with Gasteiger partial charge in [-0.15, -0.1) is 0 Å². The maximum Gasteiger partial charge on any atom is 0.338 e. The van der Waals surface area contributed by atoms with Gasteiger partial charge in [0.15, 0.2) is 0 Å². The van der Waals surface area contributed by atoms with Crippen LogP contribution in [0.5, 0.6) is 0 Å². The van der Waals surface area contributed by atoms with Crippen molar-refractivity contribution in [3.05, 3.63) is 47.2 Å². The van der Waals surface area contributed by atoms with Gasteiger partial charge < -0.3 is 10.1 Å². The molecule has 1 N–H and O–H groups in total. The van der Waals surface area contributed by atoms with Crippen molar-refractivity contribution in [2.24, 2.45) is 0 Å². The van der Waals surface area contributed by atoms with Crippen LogP contribution < -0.4 is 5.32 Å². The van der Waals surface area contributed by atoms with E-state index in [0.29, 0.717) is 23.8 Å². The number of nitrogens with zero attached hydrogens (tertiary/aromatic N) is 4. The molecule has 7 nitrogen and oxygen atoms in total. The predicted molar refractivity (Wildman–Crippen MR) is 89.2 cm³/mol. The predicted octanol–water partition coefficient (Wildman–Crippen LogP) is 2.70. The Morgan fingerprint density at radius 3 is 2.83 bits per heavy atom. The van der Waals surface area contributed by atoms with Crippen molar-refractivity contribution in [2.75, 3.05) is 11.9 Å². The Balaban J connectivity index is 1.91. The minimum Gasteiger partial charge on any atom is -0.462 e. The Kier molecular flexibility index (Phi) is 4.88. The van der Waals surface area contributed by atoms with E-state index in [2.05, 4.69) is 27.8 Å². The molecule has 3 rings (SSSR count). The number of anilines is 1. The molecule has 0 radical (unpaired) electrons. The summed E-state index contributed by atoms with van der Waals surface area (Å²) in [6.07, 6.45) is 3.00. The van der Waals surface area contributed by atoms with Crippen LogP contribution in [0, 0.1) is 0 Å². The van der Waals surface area contributed by atoms with Gasteiger partial charge in [-0.05, 0) is 29.3 Å². The third kappa shape index (κ3) is 3.15. The second-order valence-corrected chi connectivity index (χ2v) is 5.77. The number of carbonyl (C=O) groups excluding carboxylic acids is 1. The van der Waals surface area contributed by atoms with Gasteiger partial charge in [0.1, 0.15) is 6.04 Å². The second kappa shape index (κ2) is 7.25. The summed E-state index contributed by atoms with van der Waals surface area (Å²) in [6.45, 7) is 4.38. The molecule has 7 heteroatoms. The third-order valence-corrected chi connectivity index (χ3v) is 4.03. The summed E-state index contributed by atoms with van der Waals surface area (Å²) in [6, 6.07) is 9.32. The molecule has 1 aliphatic rings. The fourth-order valence-electron chi connectivity index (χ4n) is 2.81. The third-order valence-electron chi connectivity index (χ3n) is 4.03. The molecule has 0 aliphatic carbocycles. The molecule has 1 aromatic carbocycles. The topological polar surface area (TPSA) is 81.9 Å². The number of allylic oxidation sites excluding steroid dienone is 1. The van der Waals surface area contributed by atoms with E-state index in [0.717, 1.165) is 24.8 Å². The maximum absolute atomic E-state index is 12.7. The summed E-state index contributed by atoms with van der Waals surface area (Å²) in [5.41, 5.74) is 2.19. The lowest BCUT2D eigenvalue weighted by Crippen LogP contribution is -2.29. The minimum absolute atomic E-state index is 0.328. The van der Waals surface area contributed by atoms with E-state index in [4.69, 9.17) is 4.74 Å². The molecule has 0 bridgehead atoms. The second-order valence-electron chi connectivity index (χ2n) is 5.77. The molecule has 2 aromatic rings. The minimum atomic E-state index is -0.392. The molecule has 0 unspecified atom stereocenters. The highest BCUT2D eigenvalue weighted by Gasteiger charge is 2.34. The number of esters is 1. The van der Waals surface area contributed by atoms with Gasteiger partial charge in [0.05, 0.1) is 12.2 Å². The van der Waals surface area contributed by atoms with Crippen LogP contribution in [0.1, 0.15) is 44.7 Å². The molecule has 0 spiro atoms. The Morgan fingerprint density at radius 2 is 2.08 bits per heavy atom. The molecule has 24 heavy (non-hydrogen) atoms. The number of rotatable bonds is 6. The fraction of sp³-hybridized carbons (Fsp3) is 0.412. The average Bonchev–Trinajstić information content (AvgIpc) is 3.06. The average molecular weight is 327 g/mol. The zero-order chi connectivity index (χ0) is 16.9. The maximum atomic E-state index is 12.7. The van der Waals surface area contributed by atoms with E-state index in [1.165, 1.54) is 0 Å². The number of hydrogen-bond donors (Lipinski definition) is 1. The quantitative estimate of drug-likeness (QED) is 0.649. The summed E-state index contributed by atoms with van der Waals surface area (Å²) >= 11 is 0. The monoisotopic (exact) mass is 327 g/mol. The highest BCUT2D eigenvalue weighted by atomic mass is 16.5. The molecule has 0 saturated carbocycles. The summed E-state index contributed by atoms with van der Waals surface area (Å²) in [5.74, 6) is 0.190. The molecular weight excluding hydrogens is 306 g/mol. The zero-order valence-corrected chi connectivity index (χ0v) is 13.9. The summed E-state index contributed by atoms with van der Waals surface area (Å²) in [4.78, 5) is 12.7. The highest BCUT2D eigenvalue weighted by molar-refractivity contribution is 5.92. The van der Waals surface area contributed by atoms with Crippen molar-refractivity contribution in [1.82, 2.24) is 20.2 Å². The van der Waals surface area contributed by atoms with Gasteiger partial charge in [-0.2, -0.15) is 4.68 Å². The number of aromatic nitrogens is 4. The van der Waals surface area contributed by atoms with Crippen LogP contribution in [0.15, 0.2) is 41.6 Å². The van der Waals surface area contributed by atoms with E-state index < -0.39 is 6.04 Å². The summed E-state index contributed by atoms with van der Waals surface area (Å²) in [7, 11) is 0. The van der Waals surface area contributed by atoms with Crippen molar-refractivity contribution in [2.45, 2.75) is 39.2 Å². The number of unbranched alkanes of at least 4 members (excludes halogenated alkanes) is 2. The van der Waals surface area contributed by atoms with Crippen molar-refractivity contribution in [3.63, 3.8) is 0 Å². The zero-order valence-electron chi connectivity index (χ0n) is 13.9. The number of tetrazole rings is 1. The fourth-order valence-corrected chi connectivity index (χ4v) is 2.81. The van der Waals surface area contributed by atoms with Crippen molar-refractivity contribution >= 4 is 11.9 Å². The van der Waals surface area contributed by atoms with Crippen molar-refractivity contribution < 1.29 is 9.53 Å². The number of benzene rings is 1. The first-order chi connectivity index (χ1) is 11.7. The molecule has 126 valence electrons. The first-order valence-corrected chi connectivity index (χ1v) is 8.20. The summed E-state index contributed by atoms with van der Waals surface area (Å²) < 4.78 is 7.09. The van der Waals surface area contributed by atoms with Crippen LogP contribution in [-0.2, 0) is 9.53 Å². The highest BCUT2D eigenvalue weighted by Crippen LogP contribution is 2.34. The smallest absolute Gasteiger partial charge is 0.338 e. The van der Waals surface area contributed by atoms with Crippen molar-refractivity contribution in [3.8, 4) is 0 Å². The van der Waals surface area contributed by atoms with Gasteiger partial charge in [-0.25, -0.2) is 4.79 Å². The largest absolute Gasteiger partial charge is 0.462 e. The van der Waals surface area contributed by atoms with E-state index in [9.17, 15) is 4.79 Å². The Morgan fingerprint density at radius 1 is 1.29 bits per heavy atom. The lowest BCUT2D eigenvalue weighted by molar-refractivity contribution is -0.139.